The van der Waals surface area contributed by atoms with E-state index >= 15 is 0 Å². The first kappa shape index (κ1) is 13.1. The van der Waals surface area contributed by atoms with Gasteiger partial charge in [0.25, 0.3) is 0 Å². The summed E-state index contributed by atoms with van der Waals surface area (Å²) in [6.45, 7) is 3.95. The molecule has 1 N–H and O–H groups in total. The highest BCUT2D eigenvalue weighted by atomic mass is 79.9. The summed E-state index contributed by atoms with van der Waals surface area (Å²) in [6, 6.07) is 7.09. The molecule has 0 aliphatic carbocycles. The SMILES string of the molecule is CNC(c1ccc(Br)c(C)c1)C1CCOCC1. The van der Waals surface area contributed by atoms with E-state index in [-0.39, 0.29) is 0 Å². The van der Waals surface area contributed by atoms with E-state index in [0.29, 0.717) is 12.0 Å². The highest BCUT2D eigenvalue weighted by Crippen LogP contribution is 2.31. The maximum atomic E-state index is 5.44. The van der Waals surface area contributed by atoms with E-state index in [0.717, 1.165) is 26.1 Å². The number of hydrogen-bond acceptors (Lipinski definition) is 2. The van der Waals surface area contributed by atoms with Crippen LogP contribution in [0.4, 0.5) is 0 Å². The lowest BCUT2D eigenvalue weighted by atomic mass is 9.87. The van der Waals surface area contributed by atoms with E-state index in [1.54, 1.807) is 0 Å². The zero-order chi connectivity index (χ0) is 12.3. The Morgan fingerprint density at radius 2 is 2.06 bits per heavy atom. The molecule has 0 saturated carbocycles. The van der Waals surface area contributed by atoms with Crippen LogP contribution in [0.1, 0.15) is 30.0 Å². The Morgan fingerprint density at radius 3 is 2.65 bits per heavy atom. The van der Waals surface area contributed by atoms with Crippen molar-refractivity contribution in [3.05, 3.63) is 33.8 Å². The number of nitrogens with one attached hydrogen (secondary N) is 1. The molecule has 1 heterocycles. The number of ether oxygens (including phenoxy) is 1. The highest BCUT2D eigenvalue weighted by Gasteiger charge is 2.24. The molecular weight excluding hydrogens is 278 g/mol. The van der Waals surface area contributed by atoms with Gasteiger partial charge >= 0.3 is 0 Å². The van der Waals surface area contributed by atoms with Crippen molar-refractivity contribution in [2.75, 3.05) is 20.3 Å². The molecule has 0 spiro atoms. The third-order valence-corrected chi connectivity index (χ3v) is 4.48. The summed E-state index contributed by atoms with van der Waals surface area (Å²) in [5.41, 5.74) is 2.69. The van der Waals surface area contributed by atoms with E-state index in [9.17, 15) is 0 Å². The summed E-state index contributed by atoms with van der Waals surface area (Å²) in [5, 5.41) is 3.46. The lowest BCUT2D eigenvalue weighted by molar-refractivity contribution is 0.0546. The average Bonchev–Trinajstić information content (AvgIpc) is 2.36. The van der Waals surface area contributed by atoms with Crippen LogP contribution in [0.25, 0.3) is 0 Å². The van der Waals surface area contributed by atoms with Gasteiger partial charge in [-0.3, -0.25) is 0 Å². The monoisotopic (exact) mass is 297 g/mol. The smallest absolute Gasteiger partial charge is 0.0469 e. The number of rotatable bonds is 3. The standard InChI is InChI=1S/C14H20BrNO/c1-10-9-12(3-4-13(10)15)14(16-2)11-5-7-17-8-6-11/h3-4,9,11,14,16H,5-8H2,1-2H3. The lowest BCUT2D eigenvalue weighted by Gasteiger charge is -2.30. The fourth-order valence-corrected chi connectivity index (χ4v) is 2.83. The third-order valence-electron chi connectivity index (χ3n) is 3.59. The second-order valence-electron chi connectivity index (χ2n) is 4.72. The molecule has 0 radical (unpaired) electrons. The molecule has 0 bridgehead atoms. The molecule has 17 heavy (non-hydrogen) atoms. The van der Waals surface area contributed by atoms with Crippen LogP contribution in [0, 0.1) is 12.8 Å². The number of benzene rings is 1. The predicted molar refractivity (Wildman–Crippen MR) is 74.2 cm³/mol. The maximum absolute atomic E-state index is 5.44. The molecule has 0 aromatic heterocycles. The molecule has 1 atom stereocenters. The van der Waals surface area contributed by atoms with Crippen LogP contribution >= 0.6 is 15.9 Å². The largest absolute Gasteiger partial charge is 0.381 e. The van der Waals surface area contributed by atoms with Crippen molar-refractivity contribution in [3.8, 4) is 0 Å². The molecule has 1 unspecified atom stereocenters. The van der Waals surface area contributed by atoms with E-state index in [1.165, 1.54) is 15.6 Å². The Hall–Kier alpha value is -0.380. The first-order chi connectivity index (χ1) is 8.22. The molecule has 1 saturated heterocycles. The van der Waals surface area contributed by atoms with Crippen LogP contribution in [-0.2, 0) is 4.74 Å². The second-order valence-corrected chi connectivity index (χ2v) is 5.58. The Labute approximate surface area is 112 Å². The van der Waals surface area contributed by atoms with Gasteiger partial charge in [-0.15, -0.1) is 0 Å². The molecule has 1 aromatic carbocycles. The zero-order valence-electron chi connectivity index (χ0n) is 10.5. The molecule has 2 nitrogen and oxygen atoms in total. The van der Waals surface area contributed by atoms with Gasteiger partial charge in [-0.25, -0.2) is 0 Å². The van der Waals surface area contributed by atoms with Crippen molar-refractivity contribution in [1.82, 2.24) is 5.32 Å². The first-order valence-corrected chi connectivity index (χ1v) is 7.02. The molecule has 1 aromatic rings. The van der Waals surface area contributed by atoms with Gasteiger partial charge in [0.1, 0.15) is 0 Å². The third kappa shape index (κ3) is 3.09. The van der Waals surface area contributed by atoms with Crippen molar-refractivity contribution in [2.45, 2.75) is 25.8 Å². The van der Waals surface area contributed by atoms with Gasteiger partial charge in [-0.2, -0.15) is 0 Å². The molecule has 1 aliphatic heterocycles. The summed E-state index contributed by atoms with van der Waals surface area (Å²) in [5.74, 6) is 0.689. The molecule has 2 rings (SSSR count). The summed E-state index contributed by atoms with van der Waals surface area (Å²) in [7, 11) is 2.05. The van der Waals surface area contributed by atoms with Crippen molar-refractivity contribution in [3.63, 3.8) is 0 Å². The van der Waals surface area contributed by atoms with Gasteiger partial charge in [0.05, 0.1) is 0 Å². The quantitative estimate of drug-likeness (QED) is 0.923. The fraction of sp³-hybridized carbons (Fsp3) is 0.571. The van der Waals surface area contributed by atoms with Gasteiger partial charge in [0, 0.05) is 23.7 Å². The summed E-state index contributed by atoms with van der Waals surface area (Å²) >= 11 is 3.56. The summed E-state index contributed by atoms with van der Waals surface area (Å²) < 4.78 is 6.62. The van der Waals surface area contributed by atoms with Crippen molar-refractivity contribution in [2.24, 2.45) is 5.92 Å². The molecule has 3 heteroatoms. The van der Waals surface area contributed by atoms with Crippen LogP contribution in [0.15, 0.2) is 22.7 Å². The Bertz CT molecular complexity index is 374. The van der Waals surface area contributed by atoms with Crippen molar-refractivity contribution < 1.29 is 4.74 Å². The van der Waals surface area contributed by atoms with Gasteiger partial charge < -0.3 is 10.1 Å². The minimum Gasteiger partial charge on any atom is -0.381 e. The highest BCUT2D eigenvalue weighted by molar-refractivity contribution is 9.10. The normalized spacial score (nSPS) is 19.2. The average molecular weight is 298 g/mol. The minimum absolute atomic E-state index is 0.450. The fourth-order valence-electron chi connectivity index (χ4n) is 2.59. The Morgan fingerprint density at radius 1 is 1.35 bits per heavy atom. The van der Waals surface area contributed by atoms with Gasteiger partial charge in [0.15, 0.2) is 0 Å². The zero-order valence-corrected chi connectivity index (χ0v) is 12.1. The van der Waals surface area contributed by atoms with Crippen LogP contribution in [0.5, 0.6) is 0 Å². The second kappa shape index (κ2) is 5.98. The van der Waals surface area contributed by atoms with E-state index in [1.807, 2.05) is 0 Å². The molecular formula is C14H20BrNO. The van der Waals surface area contributed by atoms with Gasteiger partial charge in [-0.05, 0) is 49.9 Å². The Balaban J connectivity index is 2.18. The molecule has 1 aliphatic rings. The molecule has 0 amide bonds. The van der Waals surface area contributed by atoms with Crippen LogP contribution in [0.3, 0.4) is 0 Å². The lowest BCUT2D eigenvalue weighted by Crippen LogP contribution is -2.30. The van der Waals surface area contributed by atoms with Crippen molar-refractivity contribution in [1.29, 1.82) is 0 Å². The molecule has 1 fully saturated rings. The number of halogens is 1. The first-order valence-electron chi connectivity index (χ1n) is 6.23. The maximum Gasteiger partial charge on any atom is 0.0469 e. The summed E-state index contributed by atoms with van der Waals surface area (Å²) in [6.07, 6.45) is 2.31. The van der Waals surface area contributed by atoms with Gasteiger partial charge in [0.2, 0.25) is 0 Å². The van der Waals surface area contributed by atoms with E-state index in [2.05, 4.69) is 53.4 Å². The van der Waals surface area contributed by atoms with Crippen LogP contribution in [0.2, 0.25) is 0 Å². The van der Waals surface area contributed by atoms with E-state index < -0.39 is 0 Å². The van der Waals surface area contributed by atoms with E-state index in [4.69, 9.17) is 4.74 Å². The number of aryl methyl sites for hydroxylation is 1. The topological polar surface area (TPSA) is 21.3 Å². The predicted octanol–water partition coefficient (Wildman–Crippen LogP) is 3.44. The van der Waals surface area contributed by atoms with Crippen molar-refractivity contribution >= 4 is 15.9 Å². The van der Waals surface area contributed by atoms with Gasteiger partial charge in [-0.1, -0.05) is 28.1 Å². The van der Waals surface area contributed by atoms with Crippen LogP contribution in [-0.4, -0.2) is 20.3 Å². The van der Waals surface area contributed by atoms with Crippen LogP contribution < -0.4 is 5.32 Å². The number of hydrogen-bond donors (Lipinski definition) is 1. The summed E-state index contributed by atoms with van der Waals surface area (Å²) in [4.78, 5) is 0. The Kier molecular flexibility index (Phi) is 4.60. The molecule has 94 valence electrons. The minimum atomic E-state index is 0.450.